The lowest BCUT2D eigenvalue weighted by Crippen LogP contribution is -2.51. The molecule has 0 bridgehead atoms. The Morgan fingerprint density at radius 3 is 2.43 bits per heavy atom. The van der Waals surface area contributed by atoms with Crippen molar-refractivity contribution in [3.63, 3.8) is 0 Å². The fourth-order valence-electron chi connectivity index (χ4n) is 5.58. The Balaban J connectivity index is 1.42. The standard InChI is InChI=1S/C25H38N4O/c1-25(2,18-26(3)4)19-29-12-11-20-17-21(9-10-23(20)29)24(30)28-15-13-27(14-16-28)22-7-5-6-8-22/h9-12,17,22H,5-8,13-16,18-19H2,1-4H3. The van der Waals surface area contributed by atoms with Gasteiger partial charge < -0.3 is 14.4 Å². The van der Waals surface area contributed by atoms with Crippen LogP contribution in [0, 0.1) is 5.41 Å². The van der Waals surface area contributed by atoms with Gasteiger partial charge in [-0.05, 0) is 56.6 Å². The molecule has 164 valence electrons. The summed E-state index contributed by atoms with van der Waals surface area (Å²) in [7, 11) is 4.25. The van der Waals surface area contributed by atoms with Gasteiger partial charge in [-0.2, -0.15) is 0 Å². The molecule has 1 amide bonds. The number of rotatable bonds is 6. The zero-order chi connectivity index (χ0) is 21.3. The van der Waals surface area contributed by atoms with Crippen molar-refractivity contribution in [2.45, 2.75) is 52.1 Å². The van der Waals surface area contributed by atoms with E-state index < -0.39 is 0 Å². The van der Waals surface area contributed by atoms with Crippen molar-refractivity contribution >= 4 is 16.8 Å². The maximum absolute atomic E-state index is 13.1. The molecule has 2 aromatic rings. The third-order valence-corrected chi connectivity index (χ3v) is 6.80. The molecular formula is C25H38N4O. The fraction of sp³-hybridized carbons (Fsp3) is 0.640. The van der Waals surface area contributed by atoms with Crippen molar-refractivity contribution in [2.24, 2.45) is 5.41 Å². The van der Waals surface area contributed by atoms with Crippen LogP contribution in [-0.2, 0) is 6.54 Å². The summed E-state index contributed by atoms with van der Waals surface area (Å²) in [4.78, 5) is 20.0. The molecule has 5 nitrogen and oxygen atoms in total. The molecule has 0 spiro atoms. The second-order valence-electron chi connectivity index (χ2n) is 10.4. The Morgan fingerprint density at radius 1 is 1.07 bits per heavy atom. The summed E-state index contributed by atoms with van der Waals surface area (Å²) in [5.74, 6) is 0.184. The van der Waals surface area contributed by atoms with E-state index in [4.69, 9.17) is 0 Å². The minimum Gasteiger partial charge on any atom is -0.347 e. The Hall–Kier alpha value is -1.85. The molecule has 1 aliphatic heterocycles. The van der Waals surface area contributed by atoms with E-state index in [0.29, 0.717) is 0 Å². The van der Waals surface area contributed by atoms with Crippen LogP contribution in [0.25, 0.3) is 10.9 Å². The molecule has 2 heterocycles. The van der Waals surface area contributed by atoms with E-state index in [0.717, 1.165) is 56.3 Å². The first-order valence-corrected chi connectivity index (χ1v) is 11.6. The molecule has 0 radical (unpaired) electrons. The molecule has 1 saturated carbocycles. The van der Waals surface area contributed by atoms with Gasteiger partial charge in [-0.25, -0.2) is 0 Å². The van der Waals surface area contributed by atoms with Crippen molar-refractivity contribution in [1.29, 1.82) is 0 Å². The van der Waals surface area contributed by atoms with Gasteiger partial charge in [0.05, 0.1) is 0 Å². The Labute approximate surface area is 181 Å². The minimum atomic E-state index is 0.183. The molecule has 2 fully saturated rings. The first-order chi connectivity index (χ1) is 14.3. The van der Waals surface area contributed by atoms with E-state index in [1.807, 2.05) is 11.0 Å². The van der Waals surface area contributed by atoms with E-state index in [1.165, 1.54) is 31.2 Å². The smallest absolute Gasteiger partial charge is 0.253 e. The molecule has 30 heavy (non-hydrogen) atoms. The SMILES string of the molecule is CN(C)CC(C)(C)Cn1ccc2cc(C(=O)N3CCN(C4CCCC4)CC3)ccc21. The highest BCUT2D eigenvalue weighted by molar-refractivity contribution is 5.98. The van der Waals surface area contributed by atoms with Crippen LogP contribution in [0.3, 0.4) is 0 Å². The highest BCUT2D eigenvalue weighted by Gasteiger charge is 2.28. The predicted molar refractivity (Wildman–Crippen MR) is 124 cm³/mol. The average Bonchev–Trinajstić information content (AvgIpc) is 3.36. The molecule has 1 saturated heterocycles. The summed E-state index contributed by atoms with van der Waals surface area (Å²) in [5, 5.41) is 1.16. The summed E-state index contributed by atoms with van der Waals surface area (Å²) < 4.78 is 2.33. The van der Waals surface area contributed by atoms with Crippen LogP contribution < -0.4 is 0 Å². The van der Waals surface area contributed by atoms with Gasteiger partial charge in [0.1, 0.15) is 0 Å². The summed E-state index contributed by atoms with van der Waals surface area (Å²) >= 11 is 0. The average molecular weight is 411 g/mol. The fourth-order valence-corrected chi connectivity index (χ4v) is 5.58. The number of aromatic nitrogens is 1. The Kier molecular flexibility index (Phi) is 6.21. The molecule has 0 N–H and O–H groups in total. The summed E-state index contributed by atoms with van der Waals surface area (Å²) in [6, 6.07) is 9.13. The van der Waals surface area contributed by atoms with Gasteiger partial charge in [-0.3, -0.25) is 9.69 Å². The minimum absolute atomic E-state index is 0.183. The second-order valence-corrected chi connectivity index (χ2v) is 10.4. The van der Waals surface area contributed by atoms with Crippen LogP contribution in [0.4, 0.5) is 0 Å². The third kappa shape index (κ3) is 4.73. The highest BCUT2D eigenvalue weighted by Crippen LogP contribution is 2.26. The number of benzene rings is 1. The second kappa shape index (κ2) is 8.72. The lowest BCUT2D eigenvalue weighted by atomic mass is 9.93. The molecule has 0 unspecified atom stereocenters. The maximum atomic E-state index is 13.1. The topological polar surface area (TPSA) is 31.7 Å². The van der Waals surface area contributed by atoms with Gasteiger partial charge in [0.2, 0.25) is 0 Å². The molecular weight excluding hydrogens is 372 g/mol. The monoisotopic (exact) mass is 410 g/mol. The number of carbonyl (C=O) groups excluding carboxylic acids is 1. The number of hydrogen-bond acceptors (Lipinski definition) is 3. The molecule has 2 aliphatic rings. The molecule has 1 aromatic carbocycles. The molecule has 1 aliphatic carbocycles. The third-order valence-electron chi connectivity index (χ3n) is 6.80. The highest BCUT2D eigenvalue weighted by atomic mass is 16.2. The first kappa shape index (κ1) is 21.4. The first-order valence-electron chi connectivity index (χ1n) is 11.6. The summed E-state index contributed by atoms with van der Waals surface area (Å²) in [6.45, 7) is 10.4. The zero-order valence-corrected chi connectivity index (χ0v) is 19.2. The van der Waals surface area contributed by atoms with Crippen molar-refractivity contribution in [3.05, 3.63) is 36.0 Å². The summed E-state index contributed by atoms with van der Waals surface area (Å²) in [6.07, 6.45) is 7.59. The lowest BCUT2D eigenvalue weighted by Gasteiger charge is -2.38. The van der Waals surface area contributed by atoms with Crippen molar-refractivity contribution in [1.82, 2.24) is 19.3 Å². The van der Waals surface area contributed by atoms with Gasteiger partial charge in [-0.15, -0.1) is 0 Å². The van der Waals surface area contributed by atoms with Gasteiger partial charge in [0.25, 0.3) is 5.91 Å². The molecule has 5 heteroatoms. The Morgan fingerprint density at radius 2 is 1.77 bits per heavy atom. The molecule has 0 atom stereocenters. The molecule has 1 aromatic heterocycles. The van der Waals surface area contributed by atoms with Gasteiger partial charge in [-0.1, -0.05) is 26.7 Å². The van der Waals surface area contributed by atoms with E-state index in [1.54, 1.807) is 0 Å². The molecule has 4 rings (SSSR count). The van der Waals surface area contributed by atoms with E-state index >= 15 is 0 Å². The lowest BCUT2D eigenvalue weighted by molar-refractivity contribution is 0.0573. The quantitative estimate of drug-likeness (QED) is 0.723. The number of hydrogen-bond donors (Lipinski definition) is 0. The summed E-state index contributed by atoms with van der Waals surface area (Å²) in [5.41, 5.74) is 2.22. The van der Waals surface area contributed by atoms with Crippen molar-refractivity contribution in [3.8, 4) is 0 Å². The number of carbonyl (C=O) groups is 1. The predicted octanol–water partition coefficient (Wildman–Crippen LogP) is 3.93. The van der Waals surface area contributed by atoms with Crippen LogP contribution >= 0.6 is 0 Å². The number of amides is 1. The van der Waals surface area contributed by atoms with Crippen molar-refractivity contribution < 1.29 is 4.79 Å². The number of fused-ring (bicyclic) bond motifs is 1. The van der Waals surface area contributed by atoms with E-state index in [-0.39, 0.29) is 11.3 Å². The van der Waals surface area contributed by atoms with Crippen LogP contribution in [0.1, 0.15) is 49.9 Å². The number of piperazine rings is 1. The Bertz CT molecular complexity index is 870. The van der Waals surface area contributed by atoms with E-state index in [2.05, 4.69) is 66.7 Å². The van der Waals surface area contributed by atoms with Gasteiger partial charge >= 0.3 is 0 Å². The normalized spacial score (nSPS) is 19.3. The van der Waals surface area contributed by atoms with Gasteiger partial charge in [0.15, 0.2) is 0 Å². The maximum Gasteiger partial charge on any atom is 0.253 e. The van der Waals surface area contributed by atoms with Gasteiger partial charge in [0, 0.05) is 68.0 Å². The van der Waals surface area contributed by atoms with Crippen molar-refractivity contribution in [2.75, 3.05) is 46.8 Å². The van der Waals surface area contributed by atoms with Crippen LogP contribution in [0.2, 0.25) is 0 Å². The van der Waals surface area contributed by atoms with E-state index in [9.17, 15) is 4.79 Å². The zero-order valence-electron chi connectivity index (χ0n) is 19.2. The van der Waals surface area contributed by atoms with Crippen LogP contribution in [-0.4, -0.2) is 78.0 Å². The largest absolute Gasteiger partial charge is 0.347 e. The number of nitrogens with zero attached hydrogens (tertiary/aromatic N) is 4. The van der Waals surface area contributed by atoms with Crippen LogP contribution in [0.15, 0.2) is 30.5 Å². The van der Waals surface area contributed by atoms with Crippen LogP contribution in [0.5, 0.6) is 0 Å².